The summed E-state index contributed by atoms with van der Waals surface area (Å²) < 4.78 is 37.1. The first-order valence-electron chi connectivity index (χ1n) is 3.91. The summed E-state index contributed by atoms with van der Waals surface area (Å²) in [4.78, 5) is 9.43. The normalized spacial score (nSPS) is 11.5. The molecule has 0 aliphatic heterocycles. The van der Waals surface area contributed by atoms with Gasteiger partial charge in [-0.15, -0.1) is 0 Å². The third-order valence-corrected chi connectivity index (χ3v) is 1.83. The van der Waals surface area contributed by atoms with E-state index in [9.17, 15) is 23.3 Å². The molecule has 1 aromatic carbocycles. The highest BCUT2D eigenvalue weighted by Crippen LogP contribution is 2.37. The summed E-state index contributed by atoms with van der Waals surface area (Å²) in [6, 6.07) is 2.96. The van der Waals surface area contributed by atoms with Crippen molar-refractivity contribution in [3.63, 3.8) is 0 Å². The molecule has 7 heteroatoms. The third kappa shape index (κ3) is 2.24. The van der Waals surface area contributed by atoms with Gasteiger partial charge in [0.1, 0.15) is 5.56 Å². The Morgan fingerprint density at radius 3 is 2.40 bits per heavy atom. The SMILES string of the molecule is NCc1cccc(C(F)(F)F)c1[N+](=O)[O-]. The van der Waals surface area contributed by atoms with Crippen molar-refractivity contribution in [2.45, 2.75) is 12.7 Å². The predicted molar refractivity (Wildman–Crippen MR) is 46.0 cm³/mol. The van der Waals surface area contributed by atoms with E-state index in [1.54, 1.807) is 0 Å². The van der Waals surface area contributed by atoms with Crippen LogP contribution in [0.2, 0.25) is 0 Å². The number of benzene rings is 1. The number of para-hydroxylation sites is 1. The lowest BCUT2D eigenvalue weighted by molar-refractivity contribution is -0.388. The lowest BCUT2D eigenvalue weighted by atomic mass is 10.1. The minimum atomic E-state index is -4.74. The topological polar surface area (TPSA) is 69.2 Å². The Kier molecular flexibility index (Phi) is 2.94. The van der Waals surface area contributed by atoms with Crippen LogP contribution in [0.25, 0.3) is 0 Å². The van der Waals surface area contributed by atoms with Crippen molar-refractivity contribution in [2.75, 3.05) is 0 Å². The van der Waals surface area contributed by atoms with Crippen LogP contribution in [0.5, 0.6) is 0 Å². The number of nitro groups is 1. The Labute approximate surface area is 82.7 Å². The van der Waals surface area contributed by atoms with Gasteiger partial charge in [-0.3, -0.25) is 10.1 Å². The van der Waals surface area contributed by atoms with E-state index < -0.39 is 22.4 Å². The minimum Gasteiger partial charge on any atom is -0.326 e. The monoisotopic (exact) mass is 220 g/mol. The summed E-state index contributed by atoms with van der Waals surface area (Å²) in [5.74, 6) is 0. The summed E-state index contributed by atoms with van der Waals surface area (Å²) >= 11 is 0. The van der Waals surface area contributed by atoms with E-state index in [1.807, 2.05) is 0 Å². The molecule has 4 nitrogen and oxygen atoms in total. The first-order chi connectivity index (χ1) is 6.88. The average Bonchev–Trinajstić information content (AvgIpc) is 2.15. The second kappa shape index (κ2) is 3.85. The fourth-order valence-electron chi connectivity index (χ4n) is 1.20. The van der Waals surface area contributed by atoms with Gasteiger partial charge < -0.3 is 5.73 Å². The smallest absolute Gasteiger partial charge is 0.326 e. The first kappa shape index (κ1) is 11.4. The van der Waals surface area contributed by atoms with E-state index in [-0.39, 0.29) is 12.1 Å². The molecule has 0 unspecified atom stereocenters. The van der Waals surface area contributed by atoms with Gasteiger partial charge in [-0.1, -0.05) is 12.1 Å². The van der Waals surface area contributed by atoms with Crippen molar-refractivity contribution in [1.29, 1.82) is 0 Å². The van der Waals surface area contributed by atoms with Crippen LogP contribution in [0, 0.1) is 10.1 Å². The molecule has 0 aromatic heterocycles. The maximum Gasteiger partial charge on any atom is 0.423 e. The molecule has 0 saturated carbocycles. The second-order valence-corrected chi connectivity index (χ2v) is 2.77. The number of nitrogens with zero attached hydrogens (tertiary/aromatic N) is 1. The molecule has 0 aliphatic rings. The Hall–Kier alpha value is -1.63. The molecule has 0 bridgehead atoms. The summed E-state index contributed by atoms with van der Waals surface area (Å²) in [5.41, 5.74) is 2.77. The molecule has 0 saturated heterocycles. The molecular weight excluding hydrogens is 213 g/mol. The van der Waals surface area contributed by atoms with Crippen LogP contribution in [0.15, 0.2) is 18.2 Å². The van der Waals surface area contributed by atoms with Crippen molar-refractivity contribution in [3.8, 4) is 0 Å². The molecule has 82 valence electrons. The zero-order chi connectivity index (χ0) is 11.6. The summed E-state index contributed by atoms with van der Waals surface area (Å²) in [6.45, 7) is -0.305. The molecule has 0 fully saturated rings. The van der Waals surface area contributed by atoms with E-state index in [1.165, 1.54) is 6.07 Å². The number of halogens is 3. The molecule has 1 rings (SSSR count). The highest BCUT2D eigenvalue weighted by molar-refractivity contribution is 5.49. The number of nitrogens with two attached hydrogens (primary N) is 1. The Bertz CT molecular complexity index is 390. The number of rotatable bonds is 2. The fraction of sp³-hybridized carbons (Fsp3) is 0.250. The fourth-order valence-corrected chi connectivity index (χ4v) is 1.20. The molecule has 0 radical (unpaired) electrons. The molecule has 1 aromatic rings. The molecule has 2 N–H and O–H groups in total. The first-order valence-corrected chi connectivity index (χ1v) is 3.91. The van der Waals surface area contributed by atoms with E-state index >= 15 is 0 Å². The van der Waals surface area contributed by atoms with Gasteiger partial charge in [0.15, 0.2) is 0 Å². The largest absolute Gasteiger partial charge is 0.423 e. The van der Waals surface area contributed by atoms with E-state index in [0.29, 0.717) is 6.07 Å². The predicted octanol–water partition coefficient (Wildman–Crippen LogP) is 2.07. The van der Waals surface area contributed by atoms with Gasteiger partial charge in [0.05, 0.1) is 4.92 Å². The molecule has 0 spiro atoms. The van der Waals surface area contributed by atoms with Gasteiger partial charge in [-0.2, -0.15) is 13.2 Å². The van der Waals surface area contributed by atoms with Crippen LogP contribution in [-0.4, -0.2) is 4.92 Å². The van der Waals surface area contributed by atoms with Crippen LogP contribution in [0.1, 0.15) is 11.1 Å². The number of nitro benzene ring substituents is 1. The number of alkyl halides is 3. The highest BCUT2D eigenvalue weighted by Gasteiger charge is 2.39. The van der Waals surface area contributed by atoms with Crippen LogP contribution in [0.4, 0.5) is 18.9 Å². The lowest BCUT2D eigenvalue weighted by Crippen LogP contribution is -2.12. The Balaban J connectivity index is 3.46. The highest BCUT2D eigenvalue weighted by atomic mass is 19.4. The Morgan fingerprint density at radius 1 is 1.40 bits per heavy atom. The minimum absolute atomic E-state index is 0.130. The van der Waals surface area contributed by atoms with E-state index in [4.69, 9.17) is 5.73 Å². The molecular formula is C8H7F3N2O2. The zero-order valence-corrected chi connectivity index (χ0v) is 7.41. The van der Waals surface area contributed by atoms with Gasteiger partial charge in [0.2, 0.25) is 0 Å². The van der Waals surface area contributed by atoms with Crippen molar-refractivity contribution in [3.05, 3.63) is 39.4 Å². The van der Waals surface area contributed by atoms with Crippen LogP contribution in [-0.2, 0) is 12.7 Å². The molecule has 0 aliphatic carbocycles. The van der Waals surface area contributed by atoms with Gasteiger partial charge in [0.25, 0.3) is 5.69 Å². The molecule has 0 atom stereocenters. The maximum atomic E-state index is 12.4. The standard InChI is InChI=1S/C8H7F3N2O2/c9-8(10,11)6-3-1-2-5(4-12)7(6)13(14)15/h1-3H,4,12H2. The molecule has 0 heterocycles. The zero-order valence-electron chi connectivity index (χ0n) is 7.41. The van der Waals surface area contributed by atoms with Gasteiger partial charge in [-0.25, -0.2) is 0 Å². The summed E-state index contributed by atoms with van der Waals surface area (Å²) in [6.07, 6.45) is -4.74. The second-order valence-electron chi connectivity index (χ2n) is 2.77. The number of hydrogen-bond donors (Lipinski definition) is 1. The summed E-state index contributed by atoms with van der Waals surface area (Å²) in [5, 5.41) is 10.5. The maximum absolute atomic E-state index is 12.4. The third-order valence-electron chi connectivity index (χ3n) is 1.83. The van der Waals surface area contributed by atoms with E-state index in [0.717, 1.165) is 6.07 Å². The van der Waals surface area contributed by atoms with Gasteiger partial charge in [0, 0.05) is 12.1 Å². The van der Waals surface area contributed by atoms with Gasteiger partial charge >= 0.3 is 6.18 Å². The van der Waals surface area contributed by atoms with Gasteiger partial charge in [-0.05, 0) is 6.07 Å². The van der Waals surface area contributed by atoms with Crippen molar-refractivity contribution in [2.24, 2.45) is 5.73 Å². The van der Waals surface area contributed by atoms with Crippen LogP contribution in [0.3, 0.4) is 0 Å². The quantitative estimate of drug-likeness (QED) is 0.612. The summed E-state index contributed by atoms with van der Waals surface area (Å²) in [7, 11) is 0. The van der Waals surface area contributed by atoms with Crippen molar-refractivity contribution in [1.82, 2.24) is 0 Å². The van der Waals surface area contributed by atoms with Crippen LogP contribution >= 0.6 is 0 Å². The molecule has 0 amide bonds. The average molecular weight is 220 g/mol. The van der Waals surface area contributed by atoms with Crippen molar-refractivity contribution >= 4 is 5.69 Å². The van der Waals surface area contributed by atoms with E-state index in [2.05, 4.69) is 0 Å². The lowest BCUT2D eigenvalue weighted by Gasteiger charge is -2.09. The number of hydrogen-bond acceptors (Lipinski definition) is 3. The Morgan fingerprint density at radius 2 is 2.00 bits per heavy atom. The molecule has 15 heavy (non-hydrogen) atoms. The van der Waals surface area contributed by atoms with Crippen LogP contribution < -0.4 is 5.73 Å². The van der Waals surface area contributed by atoms with Crippen molar-refractivity contribution < 1.29 is 18.1 Å².